The normalized spacial score (nSPS) is 17.2. The van der Waals surface area contributed by atoms with Crippen LogP contribution < -0.4 is 4.90 Å². The molecule has 0 spiro atoms. The first-order valence-electron chi connectivity index (χ1n) is 11.0. The number of aryl methyl sites for hydroxylation is 1. The summed E-state index contributed by atoms with van der Waals surface area (Å²) in [4.78, 5) is 44.7. The highest BCUT2D eigenvalue weighted by Gasteiger charge is 2.47. The number of nitrogens with zero attached hydrogens (tertiary/aromatic N) is 2. The van der Waals surface area contributed by atoms with E-state index in [1.54, 1.807) is 74.6 Å². The largest absolute Gasteiger partial charge is 0.507 e. The number of hydrogen-bond acceptors (Lipinski definition) is 6. The van der Waals surface area contributed by atoms with Gasteiger partial charge in [0.05, 0.1) is 22.9 Å². The van der Waals surface area contributed by atoms with Crippen LogP contribution in [0.5, 0.6) is 0 Å². The van der Waals surface area contributed by atoms with Crippen LogP contribution in [0.1, 0.15) is 47.1 Å². The summed E-state index contributed by atoms with van der Waals surface area (Å²) in [5.41, 5.74) is 2.13. The molecule has 178 valence electrons. The zero-order valence-corrected chi connectivity index (χ0v) is 20.9. The Morgan fingerprint density at radius 2 is 1.83 bits per heavy atom. The van der Waals surface area contributed by atoms with E-state index in [9.17, 15) is 19.5 Å². The summed E-state index contributed by atoms with van der Waals surface area (Å²) in [6, 6.07) is 15.6. The van der Waals surface area contributed by atoms with Gasteiger partial charge in [-0.1, -0.05) is 34.1 Å². The van der Waals surface area contributed by atoms with Crippen molar-refractivity contribution in [2.45, 2.75) is 32.9 Å². The van der Waals surface area contributed by atoms with E-state index in [4.69, 9.17) is 4.74 Å². The second kappa shape index (κ2) is 9.84. The molecule has 1 atom stereocenters. The second-order valence-electron chi connectivity index (χ2n) is 8.39. The highest BCUT2D eigenvalue weighted by Crippen LogP contribution is 2.41. The number of benzene rings is 2. The lowest BCUT2D eigenvalue weighted by Gasteiger charge is -2.25. The molecule has 8 heteroatoms. The van der Waals surface area contributed by atoms with E-state index in [2.05, 4.69) is 20.9 Å². The standard InChI is InChI=1S/C27H23BrN2O5/c1-15(2)35-27(34)18-7-6-8-19(14-18)30-23(21-9-4-5-12-29-21)22(25(32)26(30)33)24(31)17-10-11-20(28)16(3)13-17/h4-15,23,31H,1-3H3/b24-22+. The Labute approximate surface area is 211 Å². The summed E-state index contributed by atoms with van der Waals surface area (Å²) in [5, 5.41) is 11.2. The molecule has 0 radical (unpaired) electrons. The summed E-state index contributed by atoms with van der Waals surface area (Å²) in [7, 11) is 0. The van der Waals surface area contributed by atoms with Gasteiger partial charge >= 0.3 is 5.97 Å². The maximum absolute atomic E-state index is 13.3. The fourth-order valence-electron chi connectivity index (χ4n) is 3.93. The number of aliphatic hydroxyl groups is 1. The number of halogens is 1. The zero-order chi connectivity index (χ0) is 25.3. The maximum Gasteiger partial charge on any atom is 0.338 e. The molecule has 1 unspecified atom stereocenters. The van der Waals surface area contributed by atoms with Crippen LogP contribution in [0, 0.1) is 6.92 Å². The van der Waals surface area contributed by atoms with Gasteiger partial charge in [0.15, 0.2) is 0 Å². The summed E-state index contributed by atoms with van der Waals surface area (Å²) in [6.07, 6.45) is 1.23. The van der Waals surface area contributed by atoms with E-state index in [-0.39, 0.29) is 23.0 Å². The number of ether oxygens (including phenoxy) is 1. The van der Waals surface area contributed by atoms with Crippen molar-refractivity contribution < 1.29 is 24.2 Å². The van der Waals surface area contributed by atoms with Crippen molar-refractivity contribution in [2.75, 3.05) is 4.90 Å². The Bertz CT molecular complexity index is 1350. The molecule has 0 bridgehead atoms. The molecule has 3 aromatic rings. The van der Waals surface area contributed by atoms with Crippen LogP contribution in [-0.2, 0) is 14.3 Å². The van der Waals surface area contributed by atoms with Gasteiger partial charge in [-0.3, -0.25) is 19.5 Å². The Morgan fingerprint density at radius 3 is 2.49 bits per heavy atom. The van der Waals surface area contributed by atoms with E-state index >= 15 is 0 Å². The molecule has 1 aliphatic rings. The molecule has 1 aliphatic heterocycles. The topological polar surface area (TPSA) is 96.8 Å². The molecule has 7 nitrogen and oxygen atoms in total. The van der Waals surface area contributed by atoms with Crippen molar-refractivity contribution in [1.82, 2.24) is 4.98 Å². The van der Waals surface area contributed by atoms with Crippen molar-refractivity contribution in [3.8, 4) is 0 Å². The minimum atomic E-state index is -0.989. The first-order valence-corrected chi connectivity index (χ1v) is 11.8. The van der Waals surface area contributed by atoms with Crippen molar-refractivity contribution >= 4 is 45.0 Å². The maximum atomic E-state index is 13.3. The molecule has 1 fully saturated rings. The van der Waals surface area contributed by atoms with Crippen LogP contribution in [0.15, 0.2) is 76.9 Å². The number of ketones is 1. The van der Waals surface area contributed by atoms with E-state index in [0.29, 0.717) is 16.9 Å². The predicted octanol–water partition coefficient (Wildman–Crippen LogP) is 5.34. The minimum absolute atomic E-state index is 0.0782. The van der Waals surface area contributed by atoms with Crippen LogP contribution in [0.3, 0.4) is 0 Å². The molecule has 2 heterocycles. The molecule has 35 heavy (non-hydrogen) atoms. The summed E-state index contributed by atoms with van der Waals surface area (Å²) in [6.45, 7) is 5.34. The quantitative estimate of drug-likeness (QED) is 0.205. The summed E-state index contributed by atoms with van der Waals surface area (Å²) < 4.78 is 6.12. The van der Waals surface area contributed by atoms with E-state index < -0.39 is 23.7 Å². The van der Waals surface area contributed by atoms with Gasteiger partial charge in [-0.05, 0) is 68.8 Å². The van der Waals surface area contributed by atoms with Crippen LogP contribution in [0.4, 0.5) is 5.69 Å². The van der Waals surface area contributed by atoms with Gasteiger partial charge in [0.25, 0.3) is 11.7 Å². The van der Waals surface area contributed by atoms with E-state index in [1.807, 2.05) is 6.92 Å². The van der Waals surface area contributed by atoms with Crippen LogP contribution in [0.25, 0.3) is 5.76 Å². The van der Waals surface area contributed by atoms with Crippen LogP contribution >= 0.6 is 15.9 Å². The lowest BCUT2D eigenvalue weighted by Crippen LogP contribution is -2.30. The van der Waals surface area contributed by atoms with Crippen molar-refractivity contribution in [1.29, 1.82) is 0 Å². The first-order chi connectivity index (χ1) is 16.7. The molecule has 0 aliphatic carbocycles. The number of anilines is 1. The number of carbonyl (C=O) groups excluding carboxylic acids is 3. The average Bonchev–Trinajstić information content (AvgIpc) is 3.11. The Morgan fingerprint density at radius 1 is 1.06 bits per heavy atom. The van der Waals surface area contributed by atoms with Gasteiger partial charge in [-0.2, -0.15) is 0 Å². The molecule has 2 aromatic carbocycles. The third kappa shape index (κ3) is 4.74. The molecule has 1 amide bonds. The SMILES string of the molecule is Cc1cc(/C(O)=C2\C(=O)C(=O)N(c3cccc(C(=O)OC(C)C)c3)C2c2ccccn2)ccc1Br. The number of pyridine rings is 1. The van der Waals surface area contributed by atoms with E-state index in [0.717, 1.165) is 10.0 Å². The Balaban J connectivity index is 1.89. The van der Waals surface area contributed by atoms with Gasteiger partial charge in [0.1, 0.15) is 11.8 Å². The third-order valence-electron chi connectivity index (χ3n) is 5.55. The first kappa shape index (κ1) is 24.3. The van der Waals surface area contributed by atoms with Gasteiger partial charge in [0.2, 0.25) is 0 Å². The molecular formula is C27H23BrN2O5. The minimum Gasteiger partial charge on any atom is -0.507 e. The lowest BCUT2D eigenvalue weighted by atomic mass is 9.97. The number of amides is 1. The predicted molar refractivity (Wildman–Crippen MR) is 135 cm³/mol. The fourth-order valence-corrected chi connectivity index (χ4v) is 4.18. The summed E-state index contributed by atoms with van der Waals surface area (Å²) in [5.74, 6) is -2.51. The lowest BCUT2D eigenvalue weighted by molar-refractivity contribution is -0.132. The fraction of sp³-hybridized carbons (Fsp3) is 0.185. The molecule has 0 saturated carbocycles. The molecular weight excluding hydrogens is 512 g/mol. The van der Waals surface area contributed by atoms with Gasteiger partial charge < -0.3 is 9.84 Å². The Kier molecular flexibility index (Phi) is 6.84. The van der Waals surface area contributed by atoms with Gasteiger partial charge in [-0.25, -0.2) is 4.79 Å². The number of rotatable bonds is 5. The Hall–Kier alpha value is -3.78. The smallest absolute Gasteiger partial charge is 0.338 e. The van der Waals surface area contributed by atoms with Gasteiger partial charge in [0, 0.05) is 21.9 Å². The highest BCUT2D eigenvalue weighted by molar-refractivity contribution is 9.10. The number of aromatic nitrogens is 1. The van der Waals surface area contributed by atoms with Crippen molar-refractivity contribution in [3.63, 3.8) is 0 Å². The average molecular weight is 535 g/mol. The molecule has 1 aromatic heterocycles. The zero-order valence-electron chi connectivity index (χ0n) is 19.4. The number of Topliss-reactive ketones (excluding diaryl/α,β-unsaturated/α-hetero) is 1. The third-order valence-corrected chi connectivity index (χ3v) is 6.44. The van der Waals surface area contributed by atoms with E-state index in [1.165, 1.54) is 11.0 Å². The monoisotopic (exact) mass is 534 g/mol. The van der Waals surface area contributed by atoms with Crippen molar-refractivity contribution in [2.24, 2.45) is 0 Å². The molecule has 1 N–H and O–H groups in total. The summed E-state index contributed by atoms with van der Waals surface area (Å²) >= 11 is 3.43. The van der Waals surface area contributed by atoms with Crippen molar-refractivity contribution in [3.05, 3.63) is 99.3 Å². The molecule has 1 saturated heterocycles. The number of carbonyl (C=O) groups is 3. The van der Waals surface area contributed by atoms with Crippen LogP contribution in [0.2, 0.25) is 0 Å². The van der Waals surface area contributed by atoms with Gasteiger partial charge in [-0.15, -0.1) is 0 Å². The van der Waals surface area contributed by atoms with Crippen LogP contribution in [-0.4, -0.2) is 33.9 Å². The highest BCUT2D eigenvalue weighted by atomic mass is 79.9. The number of hydrogen-bond donors (Lipinski definition) is 1. The number of aliphatic hydroxyl groups excluding tert-OH is 1. The number of esters is 1. The second-order valence-corrected chi connectivity index (χ2v) is 9.25. The molecule has 4 rings (SSSR count).